The maximum atomic E-state index is 3.76. The van der Waals surface area contributed by atoms with Crippen molar-refractivity contribution in [2.45, 2.75) is 57.4 Å². The second-order valence-electron chi connectivity index (χ2n) is 5.20. The van der Waals surface area contributed by atoms with E-state index in [2.05, 4.69) is 5.32 Å². The Labute approximate surface area is 87.0 Å². The van der Waals surface area contributed by atoms with Gasteiger partial charge in [0.1, 0.15) is 0 Å². The molecule has 78 valence electrons. The fourth-order valence-electron chi connectivity index (χ4n) is 3.64. The van der Waals surface area contributed by atoms with Crippen LogP contribution in [0.5, 0.6) is 0 Å². The number of hydrogen-bond donors (Lipinski definition) is 1. The van der Waals surface area contributed by atoms with Gasteiger partial charge in [-0.3, -0.25) is 0 Å². The third-order valence-corrected chi connectivity index (χ3v) is 4.37. The fourth-order valence-corrected chi connectivity index (χ4v) is 3.64. The molecule has 2 atom stereocenters. The SMILES string of the molecule is C1CCC2CNC3CCCCC3=C2C1. The van der Waals surface area contributed by atoms with Crippen molar-refractivity contribution in [3.63, 3.8) is 0 Å². The summed E-state index contributed by atoms with van der Waals surface area (Å²) in [4.78, 5) is 0. The molecule has 3 rings (SSSR count). The molecule has 0 aromatic rings. The molecule has 2 fully saturated rings. The molecule has 0 aromatic carbocycles. The third kappa shape index (κ3) is 1.42. The van der Waals surface area contributed by atoms with Crippen LogP contribution in [0.3, 0.4) is 0 Å². The van der Waals surface area contributed by atoms with Crippen molar-refractivity contribution in [3.8, 4) is 0 Å². The Kier molecular flexibility index (Phi) is 2.36. The van der Waals surface area contributed by atoms with Gasteiger partial charge in [0.2, 0.25) is 0 Å². The highest BCUT2D eigenvalue weighted by atomic mass is 14.9. The van der Waals surface area contributed by atoms with Gasteiger partial charge in [-0.2, -0.15) is 0 Å². The van der Waals surface area contributed by atoms with Gasteiger partial charge in [0.15, 0.2) is 0 Å². The molecule has 2 saturated carbocycles. The fraction of sp³-hybridized carbons (Fsp3) is 0.846. The predicted octanol–water partition coefficient (Wildman–Crippen LogP) is 3.02. The summed E-state index contributed by atoms with van der Waals surface area (Å²) in [6.45, 7) is 1.28. The van der Waals surface area contributed by atoms with Crippen molar-refractivity contribution in [2.75, 3.05) is 6.54 Å². The average molecular weight is 191 g/mol. The predicted molar refractivity (Wildman–Crippen MR) is 59.2 cm³/mol. The Hall–Kier alpha value is -0.300. The van der Waals surface area contributed by atoms with Crippen LogP contribution in [0.4, 0.5) is 0 Å². The van der Waals surface area contributed by atoms with Gasteiger partial charge in [0.25, 0.3) is 0 Å². The van der Waals surface area contributed by atoms with Crippen LogP contribution in [-0.2, 0) is 0 Å². The first-order valence-electron chi connectivity index (χ1n) is 6.40. The summed E-state index contributed by atoms with van der Waals surface area (Å²) < 4.78 is 0. The summed E-state index contributed by atoms with van der Waals surface area (Å²) in [7, 11) is 0. The van der Waals surface area contributed by atoms with E-state index in [-0.39, 0.29) is 0 Å². The molecule has 1 aliphatic heterocycles. The summed E-state index contributed by atoms with van der Waals surface area (Å²) >= 11 is 0. The van der Waals surface area contributed by atoms with E-state index in [4.69, 9.17) is 0 Å². The summed E-state index contributed by atoms with van der Waals surface area (Å²) in [5.74, 6) is 0.924. The van der Waals surface area contributed by atoms with Gasteiger partial charge in [-0.25, -0.2) is 0 Å². The van der Waals surface area contributed by atoms with Gasteiger partial charge in [-0.15, -0.1) is 0 Å². The Morgan fingerprint density at radius 2 is 1.64 bits per heavy atom. The lowest BCUT2D eigenvalue weighted by Gasteiger charge is -2.40. The van der Waals surface area contributed by atoms with Gasteiger partial charge in [-0.1, -0.05) is 24.0 Å². The van der Waals surface area contributed by atoms with Crippen LogP contribution in [0, 0.1) is 5.92 Å². The zero-order chi connectivity index (χ0) is 9.38. The van der Waals surface area contributed by atoms with Crippen LogP contribution in [0.1, 0.15) is 51.4 Å². The minimum Gasteiger partial charge on any atom is -0.310 e. The van der Waals surface area contributed by atoms with Crippen LogP contribution in [0.25, 0.3) is 0 Å². The lowest BCUT2D eigenvalue weighted by Crippen LogP contribution is -2.43. The Morgan fingerprint density at radius 1 is 0.857 bits per heavy atom. The van der Waals surface area contributed by atoms with Crippen molar-refractivity contribution in [1.29, 1.82) is 0 Å². The third-order valence-electron chi connectivity index (χ3n) is 4.37. The van der Waals surface area contributed by atoms with E-state index in [0.717, 1.165) is 12.0 Å². The van der Waals surface area contributed by atoms with Crippen LogP contribution >= 0.6 is 0 Å². The van der Waals surface area contributed by atoms with Crippen LogP contribution in [0.15, 0.2) is 11.1 Å². The zero-order valence-electron chi connectivity index (χ0n) is 9.02. The Balaban J connectivity index is 1.90. The van der Waals surface area contributed by atoms with E-state index in [9.17, 15) is 0 Å². The van der Waals surface area contributed by atoms with E-state index >= 15 is 0 Å². The normalized spacial score (nSPS) is 37.7. The van der Waals surface area contributed by atoms with Crippen molar-refractivity contribution in [2.24, 2.45) is 5.92 Å². The van der Waals surface area contributed by atoms with Gasteiger partial charge in [0.05, 0.1) is 0 Å². The molecule has 1 nitrogen and oxygen atoms in total. The van der Waals surface area contributed by atoms with Crippen molar-refractivity contribution >= 4 is 0 Å². The molecule has 2 aliphatic carbocycles. The zero-order valence-corrected chi connectivity index (χ0v) is 9.02. The molecule has 2 unspecified atom stereocenters. The minimum absolute atomic E-state index is 0.785. The van der Waals surface area contributed by atoms with Gasteiger partial charge in [0, 0.05) is 12.6 Å². The van der Waals surface area contributed by atoms with Crippen LogP contribution in [0.2, 0.25) is 0 Å². The number of fused-ring (bicyclic) bond motifs is 2. The van der Waals surface area contributed by atoms with E-state index in [1.165, 1.54) is 57.9 Å². The highest BCUT2D eigenvalue weighted by Crippen LogP contribution is 2.39. The lowest BCUT2D eigenvalue weighted by atomic mass is 9.73. The first-order valence-corrected chi connectivity index (χ1v) is 6.40. The van der Waals surface area contributed by atoms with E-state index in [0.29, 0.717) is 0 Å². The number of nitrogens with one attached hydrogen (secondary N) is 1. The standard InChI is InChI=1S/C13H21N/c1-2-6-11-10(5-1)9-14-13-8-4-3-7-12(11)13/h10,13-14H,1-9H2. The van der Waals surface area contributed by atoms with Crippen molar-refractivity contribution in [3.05, 3.63) is 11.1 Å². The van der Waals surface area contributed by atoms with Gasteiger partial charge in [-0.05, 0) is 44.4 Å². The van der Waals surface area contributed by atoms with Crippen LogP contribution in [-0.4, -0.2) is 12.6 Å². The molecule has 0 saturated heterocycles. The molecule has 1 heteroatoms. The average Bonchev–Trinajstić information content (AvgIpc) is 2.29. The number of hydrogen-bond acceptors (Lipinski definition) is 1. The first kappa shape index (κ1) is 8.96. The quantitative estimate of drug-likeness (QED) is 0.580. The lowest BCUT2D eigenvalue weighted by molar-refractivity contribution is 0.338. The molecule has 0 amide bonds. The van der Waals surface area contributed by atoms with Gasteiger partial charge < -0.3 is 5.32 Å². The monoisotopic (exact) mass is 191 g/mol. The highest BCUT2D eigenvalue weighted by molar-refractivity contribution is 5.28. The first-order chi connectivity index (χ1) is 6.95. The summed E-state index contributed by atoms with van der Waals surface area (Å²) in [6.07, 6.45) is 11.5. The number of rotatable bonds is 0. The Bertz CT molecular complexity index is 228. The molecule has 0 bridgehead atoms. The molecule has 1 heterocycles. The second kappa shape index (κ2) is 3.69. The summed E-state index contributed by atoms with van der Waals surface area (Å²) in [6, 6.07) is 0.785. The van der Waals surface area contributed by atoms with E-state index in [1.807, 2.05) is 11.1 Å². The molecule has 0 aromatic heterocycles. The maximum Gasteiger partial charge on any atom is 0.0282 e. The molecule has 0 spiro atoms. The molecule has 1 N–H and O–H groups in total. The minimum atomic E-state index is 0.785. The maximum absolute atomic E-state index is 3.76. The smallest absolute Gasteiger partial charge is 0.0282 e. The highest BCUT2D eigenvalue weighted by Gasteiger charge is 2.31. The summed E-state index contributed by atoms with van der Waals surface area (Å²) in [5, 5.41) is 3.76. The Morgan fingerprint density at radius 3 is 2.57 bits per heavy atom. The largest absolute Gasteiger partial charge is 0.310 e. The topological polar surface area (TPSA) is 12.0 Å². The summed E-state index contributed by atoms with van der Waals surface area (Å²) in [5.41, 5.74) is 3.73. The van der Waals surface area contributed by atoms with Crippen molar-refractivity contribution in [1.82, 2.24) is 5.32 Å². The van der Waals surface area contributed by atoms with Crippen LogP contribution < -0.4 is 5.32 Å². The van der Waals surface area contributed by atoms with Crippen molar-refractivity contribution < 1.29 is 0 Å². The van der Waals surface area contributed by atoms with E-state index in [1.54, 1.807) is 0 Å². The molecule has 0 radical (unpaired) electrons. The van der Waals surface area contributed by atoms with Gasteiger partial charge >= 0.3 is 0 Å². The molecule has 14 heavy (non-hydrogen) atoms. The second-order valence-corrected chi connectivity index (χ2v) is 5.20. The molecular formula is C13H21N. The van der Waals surface area contributed by atoms with E-state index < -0.39 is 0 Å². The molecule has 3 aliphatic rings. The molecular weight excluding hydrogens is 170 g/mol.